The zero-order valence-electron chi connectivity index (χ0n) is 11.3. The van der Waals surface area contributed by atoms with Crippen LogP contribution in [0.4, 0.5) is 0 Å². The van der Waals surface area contributed by atoms with Crippen molar-refractivity contribution in [3.8, 4) is 0 Å². The summed E-state index contributed by atoms with van der Waals surface area (Å²) in [6.07, 6.45) is 0.247. The van der Waals surface area contributed by atoms with Gasteiger partial charge >= 0.3 is 0 Å². The fourth-order valence-electron chi connectivity index (χ4n) is 2.06. The molecule has 0 aliphatic heterocycles. The van der Waals surface area contributed by atoms with E-state index in [0.717, 1.165) is 5.56 Å². The Morgan fingerprint density at radius 3 is 2.17 bits per heavy atom. The fraction of sp³-hybridized carbons (Fsp3) is 0.294. The lowest BCUT2D eigenvalue weighted by atomic mass is 9.98. The maximum Gasteiger partial charge on any atom is 0.0830 e. The van der Waals surface area contributed by atoms with E-state index in [1.165, 1.54) is 22.3 Å². The van der Waals surface area contributed by atoms with Crippen LogP contribution in [0.15, 0.2) is 42.5 Å². The van der Waals surface area contributed by atoms with E-state index >= 15 is 0 Å². The van der Waals surface area contributed by atoms with Crippen LogP contribution >= 0.6 is 0 Å². The lowest BCUT2D eigenvalue weighted by Crippen LogP contribution is -2.02. The van der Waals surface area contributed by atoms with E-state index in [9.17, 15) is 5.11 Å². The second-order valence-electron chi connectivity index (χ2n) is 5.05. The first-order valence-electron chi connectivity index (χ1n) is 6.37. The molecule has 2 aromatic carbocycles. The highest BCUT2D eigenvalue weighted by molar-refractivity contribution is 5.31. The molecule has 0 aliphatic rings. The molecule has 0 bridgehead atoms. The molecule has 1 N–H and O–H groups in total. The summed E-state index contributed by atoms with van der Waals surface area (Å²) in [7, 11) is 0. The minimum atomic E-state index is -0.423. The first-order chi connectivity index (χ1) is 8.56. The highest BCUT2D eigenvalue weighted by Gasteiger charge is 2.08. The molecule has 0 saturated heterocycles. The zero-order valence-corrected chi connectivity index (χ0v) is 11.3. The Hall–Kier alpha value is -1.60. The number of aliphatic hydroxyl groups is 1. The highest BCUT2D eigenvalue weighted by Crippen LogP contribution is 2.20. The van der Waals surface area contributed by atoms with Crippen molar-refractivity contribution in [2.45, 2.75) is 33.3 Å². The van der Waals surface area contributed by atoms with Crippen LogP contribution in [-0.2, 0) is 6.42 Å². The molecule has 0 fully saturated rings. The van der Waals surface area contributed by atoms with Crippen LogP contribution in [0.1, 0.15) is 33.9 Å². The van der Waals surface area contributed by atoms with Crippen molar-refractivity contribution in [3.05, 3.63) is 70.3 Å². The second-order valence-corrected chi connectivity index (χ2v) is 5.05. The maximum absolute atomic E-state index is 10.2. The van der Waals surface area contributed by atoms with Gasteiger partial charge in [-0.25, -0.2) is 0 Å². The van der Waals surface area contributed by atoms with Crippen molar-refractivity contribution in [2.24, 2.45) is 0 Å². The lowest BCUT2D eigenvalue weighted by Gasteiger charge is -2.12. The van der Waals surface area contributed by atoms with Crippen molar-refractivity contribution in [2.75, 3.05) is 0 Å². The van der Waals surface area contributed by atoms with Gasteiger partial charge in [0.05, 0.1) is 6.10 Å². The van der Waals surface area contributed by atoms with Gasteiger partial charge in [-0.15, -0.1) is 0 Å². The van der Waals surface area contributed by atoms with Gasteiger partial charge in [-0.1, -0.05) is 48.0 Å². The van der Waals surface area contributed by atoms with Crippen molar-refractivity contribution < 1.29 is 5.11 Å². The molecule has 0 aromatic heterocycles. The summed E-state index contributed by atoms with van der Waals surface area (Å²) in [5.74, 6) is 0. The predicted molar refractivity (Wildman–Crippen MR) is 75.8 cm³/mol. The van der Waals surface area contributed by atoms with Crippen molar-refractivity contribution in [1.29, 1.82) is 0 Å². The van der Waals surface area contributed by atoms with Crippen LogP contribution in [0.25, 0.3) is 0 Å². The molecular formula is C17H20O. The predicted octanol–water partition coefficient (Wildman–Crippen LogP) is 3.89. The quantitative estimate of drug-likeness (QED) is 0.863. The standard InChI is InChI=1S/C17H20O/c1-12-4-8-16(9-5-12)17(18)11-15-7-6-13(2)14(3)10-15/h4-10,17-18H,11H2,1-3H3. The third kappa shape index (κ3) is 2.99. The summed E-state index contributed by atoms with van der Waals surface area (Å²) in [6, 6.07) is 14.5. The van der Waals surface area contributed by atoms with Crippen molar-refractivity contribution >= 4 is 0 Å². The minimum Gasteiger partial charge on any atom is -0.388 e. The van der Waals surface area contributed by atoms with E-state index in [0.29, 0.717) is 6.42 Å². The molecule has 18 heavy (non-hydrogen) atoms. The molecule has 1 heteroatoms. The van der Waals surface area contributed by atoms with E-state index in [1.807, 2.05) is 24.3 Å². The Morgan fingerprint density at radius 1 is 0.889 bits per heavy atom. The van der Waals surface area contributed by atoms with Crippen LogP contribution in [0.5, 0.6) is 0 Å². The SMILES string of the molecule is Cc1ccc(C(O)Cc2ccc(C)c(C)c2)cc1. The Kier molecular flexibility index (Phi) is 3.83. The summed E-state index contributed by atoms with van der Waals surface area (Å²) >= 11 is 0. The normalized spacial score (nSPS) is 12.4. The molecule has 0 spiro atoms. The fourth-order valence-corrected chi connectivity index (χ4v) is 2.06. The highest BCUT2D eigenvalue weighted by atomic mass is 16.3. The molecule has 0 radical (unpaired) electrons. The average Bonchev–Trinajstić information content (AvgIpc) is 2.34. The third-order valence-corrected chi connectivity index (χ3v) is 3.46. The number of benzene rings is 2. The van der Waals surface area contributed by atoms with Crippen LogP contribution in [0.3, 0.4) is 0 Å². The van der Waals surface area contributed by atoms with Gasteiger partial charge in [-0.2, -0.15) is 0 Å². The van der Waals surface area contributed by atoms with Gasteiger partial charge in [0.2, 0.25) is 0 Å². The maximum atomic E-state index is 10.2. The van der Waals surface area contributed by atoms with Crippen LogP contribution < -0.4 is 0 Å². The molecular weight excluding hydrogens is 220 g/mol. The molecule has 2 rings (SSSR count). The van der Waals surface area contributed by atoms with Gasteiger partial charge in [-0.05, 0) is 43.0 Å². The molecule has 0 amide bonds. The summed E-state index contributed by atoms with van der Waals surface area (Å²) in [6.45, 7) is 6.27. The van der Waals surface area contributed by atoms with Crippen molar-refractivity contribution in [3.63, 3.8) is 0 Å². The molecule has 2 aromatic rings. The van der Waals surface area contributed by atoms with Gasteiger partial charge in [0.1, 0.15) is 0 Å². The van der Waals surface area contributed by atoms with Crippen LogP contribution in [0, 0.1) is 20.8 Å². The Morgan fingerprint density at radius 2 is 1.56 bits per heavy atom. The topological polar surface area (TPSA) is 20.2 Å². The average molecular weight is 240 g/mol. The van der Waals surface area contributed by atoms with Crippen molar-refractivity contribution in [1.82, 2.24) is 0 Å². The Labute approximate surface area is 109 Å². The van der Waals surface area contributed by atoms with E-state index < -0.39 is 6.10 Å². The number of aryl methyl sites for hydroxylation is 3. The number of hydrogen-bond donors (Lipinski definition) is 1. The summed E-state index contributed by atoms with van der Waals surface area (Å²) < 4.78 is 0. The number of aliphatic hydroxyl groups excluding tert-OH is 1. The molecule has 1 nitrogen and oxygen atoms in total. The van der Waals surface area contributed by atoms with Gasteiger partial charge < -0.3 is 5.11 Å². The monoisotopic (exact) mass is 240 g/mol. The van der Waals surface area contributed by atoms with Crippen LogP contribution in [-0.4, -0.2) is 5.11 Å². The summed E-state index contributed by atoms with van der Waals surface area (Å²) in [5, 5.41) is 10.2. The molecule has 1 unspecified atom stereocenters. The zero-order chi connectivity index (χ0) is 13.1. The summed E-state index contributed by atoms with van der Waals surface area (Å²) in [5.41, 5.74) is 5.97. The molecule has 1 atom stereocenters. The molecule has 94 valence electrons. The first kappa shape index (κ1) is 12.8. The van der Waals surface area contributed by atoms with Gasteiger partial charge in [-0.3, -0.25) is 0 Å². The minimum absolute atomic E-state index is 0.423. The van der Waals surface area contributed by atoms with Gasteiger partial charge in [0.25, 0.3) is 0 Å². The van der Waals surface area contributed by atoms with Gasteiger partial charge in [0.15, 0.2) is 0 Å². The van der Waals surface area contributed by atoms with Gasteiger partial charge in [0, 0.05) is 6.42 Å². The van der Waals surface area contributed by atoms with E-state index in [1.54, 1.807) is 0 Å². The first-order valence-corrected chi connectivity index (χ1v) is 6.37. The largest absolute Gasteiger partial charge is 0.388 e. The smallest absolute Gasteiger partial charge is 0.0830 e. The molecule has 0 aliphatic carbocycles. The van der Waals surface area contributed by atoms with E-state index in [2.05, 4.69) is 39.0 Å². The Bertz CT molecular complexity index is 526. The lowest BCUT2D eigenvalue weighted by molar-refractivity contribution is 0.178. The third-order valence-electron chi connectivity index (χ3n) is 3.46. The van der Waals surface area contributed by atoms with E-state index in [4.69, 9.17) is 0 Å². The number of rotatable bonds is 3. The molecule has 0 saturated carbocycles. The molecule has 0 heterocycles. The summed E-state index contributed by atoms with van der Waals surface area (Å²) in [4.78, 5) is 0. The second kappa shape index (κ2) is 5.36. The Balaban J connectivity index is 2.13. The van der Waals surface area contributed by atoms with Crippen LogP contribution in [0.2, 0.25) is 0 Å². The van der Waals surface area contributed by atoms with E-state index in [-0.39, 0.29) is 0 Å². The number of hydrogen-bond acceptors (Lipinski definition) is 1.